The molecule has 4 aromatic carbocycles. The van der Waals surface area contributed by atoms with Gasteiger partial charge in [-0.2, -0.15) is 0 Å². The van der Waals surface area contributed by atoms with Crippen molar-refractivity contribution in [3.8, 4) is 0 Å². The second-order valence-corrected chi connectivity index (χ2v) is 24.5. The van der Waals surface area contributed by atoms with Gasteiger partial charge in [-0.1, -0.05) is 150 Å². The number of rotatable bonds is 21. The number of alkyl carbamates (subject to hydrolysis) is 1. The highest BCUT2D eigenvalue weighted by molar-refractivity contribution is 6.74. The predicted molar refractivity (Wildman–Crippen MR) is 256 cm³/mol. The molecule has 5 atom stereocenters. The van der Waals surface area contributed by atoms with E-state index in [-0.39, 0.29) is 42.4 Å². The van der Waals surface area contributed by atoms with E-state index in [9.17, 15) is 19.2 Å². The van der Waals surface area contributed by atoms with E-state index in [1.165, 1.54) is 0 Å². The van der Waals surface area contributed by atoms with E-state index in [0.717, 1.165) is 16.7 Å². The van der Waals surface area contributed by atoms with Crippen molar-refractivity contribution in [2.45, 2.75) is 135 Å². The van der Waals surface area contributed by atoms with Crippen molar-refractivity contribution in [2.75, 3.05) is 0 Å². The fourth-order valence-electron chi connectivity index (χ4n) is 7.19. The molecule has 0 aromatic heterocycles. The summed E-state index contributed by atoms with van der Waals surface area (Å²) in [5.41, 5.74) is 8.68. The van der Waals surface area contributed by atoms with E-state index in [2.05, 4.69) is 49.8 Å². The zero-order valence-electron chi connectivity index (χ0n) is 39.4. The fraction of sp³-hybridized carbons (Fsp3) is 0.442. The molecule has 64 heavy (non-hydrogen) atoms. The summed E-state index contributed by atoms with van der Waals surface area (Å²) < 4.78 is 13.0. The smallest absolute Gasteiger partial charge is 0.407 e. The molecule has 0 aliphatic rings. The van der Waals surface area contributed by atoms with E-state index in [1.54, 1.807) is 45.0 Å². The normalized spacial score (nSPS) is 14.4. The van der Waals surface area contributed by atoms with Gasteiger partial charge < -0.3 is 30.8 Å². The average Bonchev–Trinajstić information content (AvgIpc) is 3.22. The fourth-order valence-corrected chi connectivity index (χ4v) is 8.56. The van der Waals surface area contributed by atoms with Crippen LogP contribution in [0, 0.1) is 11.8 Å². The Morgan fingerprint density at radius 2 is 1.08 bits per heavy atom. The highest BCUT2D eigenvalue weighted by atomic mass is 28.4. The van der Waals surface area contributed by atoms with E-state index in [0.29, 0.717) is 17.5 Å². The number of primary amides is 1. The van der Waals surface area contributed by atoms with Crippen molar-refractivity contribution in [2.24, 2.45) is 17.6 Å². The summed E-state index contributed by atoms with van der Waals surface area (Å²) in [6.07, 6.45) is -0.0477. The molecule has 0 aliphatic carbocycles. The number of nitrogens with one attached hydrogen (secondary N) is 3. The number of benzene rings is 4. The molecular formula is C52H70N4O7Si. The Balaban J connectivity index is 1.78. The molecule has 4 aromatic rings. The summed E-state index contributed by atoms with van der Waals surface area (Å²) >= 11 is 0. The molecule has 0 aliphatic heterocycles. The van der Waals surface area contributed by atoms with Gasteiger partial charge in [0.05, 0.1) is 12.1 Å². The molecule has 4 rings (SSSR count). The number of hydrogen-bond acceptors (Lipinski definition) is 7. The summed E-state index contributed by atoms with van der Waals surface area (Å²) in [6, 6.07) is 32.7. The predicted octanol–water partition coefficient (Wildman–Crippen LogP) is 8.74. The number of amides is 4. The standard InChI is InChI=1S/C52H70N4O7Si/c1-35(2)30-44(49(60)54-43(47(53)58)33-37-22-16-12-17-23-37)55-48(59)41(31-38-26-28-40(29-27-38)46(57)39-24-18-13-19-25-39)34-45(63-64(9,10)52(6,7)8)42(32-36-20-14-11-15-21-36)56-50(61)62-51(3,4)5/h11-29,35,41-45H,30-34H2,1-10H3,(H2,53,58)(H,54,60)(H,55,59)(H,56,61)/t41-,42+,43+,44+,45-/m1/s1. The average molecular weight is 891 g/mol. The molecule has 0 radical (unpaired) electrons. The van der Waals surface area contributed by atoms with Crippen LogP contribution in [0.3, 0.4) is 0 Å². The van der Waals surface area contributed by atoms with E-state index >= 15 is 4.79 Å². The third kappa shape index (κ3) is 16.2. The zero-order valence-corrected chi connectivity index (χ0v) is 40.4. The van der Waals surface area contributed by atoms with Crippen molar-refractivity contribution in [3.05, 3.63) is 143 Å². The maximum atomic E-state index is 15.0. The van der Waals surface area contributed by atoms with Gasteiger partial charge in [-0.3, -0.25) is 19.2 Å². The van der Waals surface area contributed by atoms with Crippen LogP contribution in [-0.2, 0) is 42.8 Å². The van der Waals surface area contributed by atoms with Crippen molar-refractivity contribution < 1.29 is 33.1 Å². The van der Waals surface area contributed by atoms with Crippen LogP contribution in [0.2, 0.25) is 18.1 Å². The van der Waals surface area contributed by atoms with Gasteiger partial charge in [-0.15, -0.1) is 0 Å². The van der Waals surface area contributed by atoms with Crippen molar-refractivity contribution in [3.63, 3.8) is 0 Å². The zero-order chi connectivity index (χ0) is 47.2. The number of carbonyl (C=O) groups excluding carboxylic acids is 5. The van der Waals surface area contributed by atoms with Crippen LogP contribution in [-0.4, -0.2) is 67.7 Å². The van der Waals surface area contributed by atoms with Gasteiger partial charge in [0.1, 0.15) is 17.7 Å². The second-order valence-electron chi connectivity index (χ2n) is 19.7. The summed E-state index contributed by atoms with van der Waals surface area (Å²) in [5, 5.41) is 8.81. The lowest BCUT2D eigenvalue weighted by Crippen LogP contribution is -2.56. The summed E-state index contributed by atoms with van der Waals surface area (Å²) in [4.78, 5) is 68.8. The molecule has 0 heterocycles. The summed E-state index contributed by atoms with van der Waals surface area (Å²) in [5.74, 6) is -2.52. The Morgan fingerprint density at radius 1 is 0.594 bits per heavy atom. The van der Waals surface area contributed by atoms with E-state index in [4.69, 9.17) is 14.9 Å². The number of ketones is 1. The topological polar surface area (TPSA) is 166 Å². The first-order chi connectivity index (χ1) is 30.0. The van der Waals surface area contributed by atoms with Gasteiger partial charge in [0.25, 0.3) is 0 Å². The largest absolute Gasteiger partial charge is 0.444 e. The van der Waals surface area contributed by atoms with Gasteiger partial charge in [-0.05, 0) is 87.2 Å². The first kappa shape index (κ1) is 51.0. The Morgan fingerprint density at radius 3 is 1.58 bits per heavy atom. The molecule has 0 fully saturated rings. The first-order valence-electron chi connectivity index (χ1n) is 22.3. The maximum Gasteiger partial charge on any atom is 0.407 e. The van der Waals surface area contributed by atoms with Gasteiger partial charge in [-0.25, -0.2) is 4.79 Å². The molecule has 344 valence electrons. The third-order valence-electron chi connectivity index (χ3n) is 11.6. The van der Waals surface area contributed by atoms with Gasteiger partial charge >= 0.3 is 6.09 Å². The Kier molecular flexibility index (Phi) is 18.2. The minimum Gasteiger partial charge on any atom is -0.444 e. The van der Waals surface area contributed by atoms with Gasteiger partial charge in [0.2, 0.25) is 17.7 Å². The molecule has 11 nitrogen and oxygen atoms in total. The van der Waals surface area contributed by atoms with Crippen LogP contribution in [0.4, 0.5) is 4.79 Å². The summed E-state index contributed by atoms with van der Waals surface area (Å²) in [7, 11) is -2.59. The van der Waals surface area contributed by atoms with Crippen molar-refractivity contribution >= 4 is 37.9 Å². The van der Waals surface area contributed by atoms with Crippen LogP contribution in [0.15, 0.2) is 115 Å². The quantitative estimate of drug-likeness (QED) is 0.0480. The highest BCUT2D eigenvalue weighted by Gasteiger charge is 2.43. The minimum absolute atomic E-state index is 0.00621. The van der Waals surface area contributed by atoms with Crippen LogP contribution in [0.25, 0.3) is 0 Å². The number of ether oxygens (including phenoxy) is 1. The summed E-state index contributed by atoms with van der Waals surface area (Å²) in [6.45, 7) is 20.0. The number of carbonyl (C=O) groups is 5. The monoisotopic (exact) mass is 891 g/mol. The number of hydrogen-bond donors (Lipinski definition) is 4. The molecule has 0 saturated carbocycles. The third-order valence-corrected chi connectivity index (χ3v) is 16.1. The van der Waals surface area contributed by atoms with Crippen LogP contribution >= 0.6 is 0 Å². The lowest BCUT2D eigenvalue weighted by molar-refractivity contribution is -0.133. The minimum atomic E-state index is -2.59. The van der Waals surface area contributed by atoms with Crippen LogP contribution in [0.1, 0.15) is 101 Å². The molecule has 4 amide bonds. The van der Waals surface area contributed by atoms with Gasteiger partial charge in [0.15, 0.2) is 14.1 Å². The maximum absolute atomic E-state index is 15.0. The Bertz CT molecular complexity index is 2130. The molecule has 0 bridgehead atoms. The first-order valence-corrected chi connectivity index (χ1v) is 25.3. The lowest BCUT2D eigenvalue weighted by atomic mass is 9.88. The van der Waals surface area contributed by atoms with Crippen molar-refractivity contribution in [1.29, 1.82) is 0 Å². The number of nitrogens with two attached hydrogens (primary N) is 1. The molecule has 0 saturated heterocycles. The molecule has 0 spiro atoms. The molecule has 12 heteroatoms. The SMILES string of the molecule is CC(C)C[C@H](NC(=O)[C@H](Cc1ccc(C(=O)c2ccccc2)cc1)C[C@@H](O[Si](C)(C)C(C)(C)C)[C@H](Cc1ccccc1)NC(=O)OC(C)(C)C)C(=O)N[C@@H](Cc1ccccc1)C(N)=O. The van der Waals surface area contributed by atoms with Crippen LogP contribution in [0.5, 0.6) is 0 Å². The Labute approximate surface area is 381 Å². The highest BCUT2D eigenvalue weighted by Crippen LogP contribution is 2.39. The lowest BCUT2D eigenvalue weighted by Gasteiger charge is -2.42. The van der Waals surface area contributed by atoms with Crippen molar-refractivity contribution in [1.82, 2.24) is 16.0 Å². The van der Waals surface area contributed by atoms with Crippen LogP contribution < -0.4 is 21.7 Å². The molecule has 5 N–H and O–H groups in total. The van der Waals surface area contributed by atoms with E-state index in [1.807, 2.05) is 105 Å². The van der Waals surface area contributed by atoms with Gasteiger partial charge in [0, 0.05) is 23.5 Å². The molecule has 0 unspecified atom stereocenters. The Hall–Kier alpha value is -5.59. The molecular weight excluding hydrogens is 821 g/mol. The van der Waals surface area contributed by atoms with E-state index < -0.39 is 67.9 Å². The second kappa shape index (κ2) is 22.9.